The maximum atomic E-state index is 4.50. The molecule has 2 N–H and O–H groups in total. The second-order valence-corrected chi connectivity index (χ2v) is 12.4. The van der Waals surface area contributed by atoms with Gasteiger partial charge in [-0.25, -0.2) is 0 Å². The molecular weight excluding hydrogens is 388 g/mol. The molecule has 0 aromatic carbocycles. The first-order valence-electron chi connectivity index (χ1n) is 14.1. The minimum atomic E-state index is 0.625. The molecule has 32 heavy (non-hydrogen) atoms. The monoisotopic (exact) mass is 442 g/mol. The SMILES string of the molecule is C/C=C\N=CCCC(C)C1CCC2C3CCC4C[C@](C)(CC)CCC4C3CCC12C.CN. The van der Waals surface area contributed by atoms with Gasteiger partial charge in [-0.3, -0.25) is 4.99 Å². The van der Waals surface area contributed by atoms with Crippen molar-refractivity contribution < 1.29 is 0 Å². The van der Waals surface area contributed by atoms with Gasteiger partial charge in [-0.2, -0.15) is 0 Å². The molecule has 4 aliphatic carbocycles. The third-order valence-corrected chi connectivity index (χ3v) is 11.1. The summed E-state index contributed by atoms with van der Waals surface area (Å²) in [6, 6.07) is 0. The fourth-order valence-electron chi connectivity index (χ4n) is 9.24. The quantitative estimate of drug-likeness (QED) is 0.413. The van der Waals surface area contributed by atoms with Crippen molar-refractivity contribution in [2.45, 2.75) is 112 Å². The average molecular weight is 443 g/mol. The number of nitrogens with two attached hydrogens (primary N) is 1. The molecule has 0 radical (unpaired) electrons. The van der Waals surface area contributed by atoms with E-state index >= 15 is 0 Å². The highest BCUT2D eigenvalue weighted by Crippen LogP contribution is 2.66. The Kier molecular flexibility index (Phi) is 9.09. The van der Waals surface area contributed by atoms with E-state index in [1.165, 1.54) is 52.0 Å². The van der Waals surface area contributed by atoms with Crippen LogP contribution in [0.5, 0.6) is 0 Å². The highest BCUT2D eigenvalue weighted by Gasteiger charge is 2.57. The van der Waals surface area contributed by atoms with E-state index in [2.05, 4.69) is 44.6 Å². The summed E-state index contributed by atoms with van der Waals surface area (Å²) >= 11 is 0. The van der Waals surface area contributed by atoms with E-state index in [9.17, 15) is 0 Å². The Morgan fingerprint density at radius 3 is 2.44 bits per heavy atom. The third kappa shape index (κ3) is 5.06. The van der Waals surface area contributed by atoms with Crippen molar-refractivity contribution in [2.75, 3.05) is 7.05 Å². The molecule has 0 aromatic heterocycles. The summed E-state index contributed by atoms with van der Waals surface area (Å²) in [6.45, 7) is 12.3. The molecule has 0 spiro atoms. The van der Waals surface area contributed by atoms with Gasteiger partial charge in [0.2, 0.25) is 0 Å². The molecule has 0 saturated heterocycles. The van der Waals surface area contributed by atoms with Crippen LogP contribution < -0.4 is 5.73 Å². The molecule has 9 atom stereocenters. The van der Waals surface area contributed by atoms with Crippen molar-refractivity contribution in [1.29, 1.82) is 0 Å². The number of hydrogen-bond acceptors (Lipinski definition) is 2. The fraction of sp³-hybridized carbons (Fsp3) is 0.900. The third-order valence-electron chi connectivity index (χ3n) is 11.1. The van der Waals surface area contributed by atoms with Crippen molar-refractivity contribution in [3.8, 4) is 0 Å². The van der Waals surface area contributed by atoms with Crippen molar-refractivity contribution in [3.05, 3.63) is 12.3 Å². The highest BCUT2D eigenvalue weighted by atomic mass is 14.7. The van der Waals surface area contributed by atoms with Gasteiger partial charge < -0.3 is 5.73 Å². The Hall–Kier alpha value is -0.630. The van der Waals surface area contributed by atoms with Gasteiger partial charge in [0.05, 0.1) is 0 Å². The van der Waals surface area contributed by atoms with E-state index in [-0.39, 0.29) is 0 Å². The van der Waals surface area contributed by atoms with Gasteiger partial charge in [0, 0.05) is 12.4 Å². The molecule has 0 aliphatic heterocycles. The minimum absolute atomic E-state index is 0.625. The first kappa shape index (κ1) is 26.0. The number of nitrogens with zero attached hydrogens (tertiary/aromatic N) is 1. The van der Waals surface area contributed by atoms with Crippen LogP contribution >= 0.6 is 0 Å². The first-order chi connectivity index (χ1) is 15.4. The standard InChI is InChI=1S/C29H49N.CH5N/c1-6-18-30-19-8-9-21(3)26-12-13-27-25-11-10-22-20-28(4,7-2)16-14-23(22)24(25)15-17-29(26,27)5;1-2/h6,18-19,21-27H,7-17,20H2,1-5H3;2H2,1H3/b18-6-,30-19?;/t21?,22?,23?,24?,25?,26?,27?,28-,29?;/m1./s1. The van der Waals surface area contributed by atoms with Crippen LogP contribution in [0.25, 0.3) is 0 Å². The molecule has 0 aromatic rings. The van der Waals surface area contributed by atoms with Gasteiger partial charge in [0.15, 0.2) is 0 Å². The predicted molar refractivity (Wildman–Crippen MR) is 141 cm³/mol. The highest BCUT2D eigenvalue weighted by molar-refractivity contribution is 5.57. The molecule has 8 unspecified atom stereocenters. The average Bonchev–Trinajstić information content (AvgIpc) is 3.17. The summed E-state index contributed by atoms with van der Waals surface area (Å²) in [5, 5.41) is 0. The number of rotatable bonds is 6. The molecule has 2 heteroatoms. The zero-order valence-electron chi connectivity index (χ0n) is 22.3. The summed E-state index contributed by atoms with van der Waals surface area (Å²) < 4.78 is 0. The van der Waals surface area contributed by atoms with Crippen LogP contribution in [0.2, 0.25) is 0 Å². The van der Waals surface area contributed by atoms with Gasteiger partial charge >= 0.3 is 0 Å². The second-order valence-electron chi connectivity index (χ2n) is 12.4. The number of hydrogen-bond donors (Lipinski definition) is 1. The number of fused-ring (bicyclic) bond motifs is 5. The molecule has 2 nitrogen and oxygen atoms in total. The lowest BCUT2D eigenvalue weighted by Crippen LogP contribution is -2.50. The zero-order valence-corrected chi connectivity index (χ0v) is 22.3. The molecule has 4 rings (SSSR count). The molecule has 0 amide bonds. The topological polar surface area (TPSA) is 38.4 Å². The number of aliphatic imine (C=N–C) groups is 1. The predicted octanol–water partition coefficient (Wildman–Crippen LogP) is 8.27. The van der Waals surface area contributed by atoms with Crippen molar-refractivity contribution in [3.63, 3.8) is 0 Å². The second kappa shape index (κ2) is 11.2. The molecule has 4 saturated carbocycles. The molecular formula is C30H54N2. The summed E-state index contributed by atoms with van der Waals surface area (Å²) in [4.78, 5) is 4.39. The molecule has 4 fully saturated rings. The van der Waals surface area contributed by atoms with Crippen molar-refractivity contribution in [1.82, 2.24) is 0 Å². The molecule has 184 valence electrons. The van der Waals surface area contributed by atoms with Gasteiger partial charge in [0.1, 0.15) is 0 Å². The van der Waals surface area contributed by atoms with Crippen molar-refractivity contribution >= 4 is 6.21 Å². The zero-order chi connectivity index (χ0) is 23.4. The van der Waals surface area contributed by atoms with Gasteiger partial charge in [-0.1, -0.05) is 40.2 Å². The van der Waals surface area contributed by atoms with E-state index in [1.807, 2.05) is 19.2 Å². The fourth-order valence-corrected chi connectivity index (χ4v) is 9.24. The first-order valence-corrected chi connectivity index (χ1v) is 14.1. The van der Waals surface area contributed by atoms with Crippen molar-refractivity contribution in [2.24, 2.45) is 63.0 Å². The summed E-state index contributed by atoms with van der Waals surface area (Å²) in [7, 11) is 1.50. The Morgan fingerprint density at radius 2 is 1.72 bits per heavy atom. The Balaban J connectivity index is 0.00000141. The Morgan fingerprint density at radius 1 is 0.969 bits per heavy atom. The maximum absolute atomic E-state index is 4.50. The van der Waals surface area contributed by atoms with Gasteiger partial charge in [-0.05, 0) is 137 Å². The van der Waals surface area contributed by atoms with Crippen LogP contribution in [-0.4, -0.2) is 13.3 Å². The lowest BCUT2D eigenvalue weighted by atomic mass is 9.47. The summed E-state index contributed by atoms with van der Waals surface area (Å²) in [6.07, 6.45) is 23.7. The van der Waals surface area contributed by atoms with Crippen LogP contribution in [0.4, 0.5) is 0 Å². The molecule has 4 aliphatic rings. The van der Waals surface area contributed by atoms with E-state index in [0.29, 0.717) is 10.8 Å². The van der Waals surface area contributed by atoms with E-state index in [1.54, 1.807) is 25.7 Å². The molecule has 0 bridgehead atoms. The Labute approximate surface area is 200 Å². The number of allylic oxidation sites excluding steroid dienone is 1. The minimum Gasteiger partial charge on any atom is -0.333 e. The van der Waals surface area contributed by atoms with Gasteiger partial charge in [0.25, 0.3) is 0 Å². The lowest BCUT2D eigenvalue weighted by molar-refractivity contribution is -0.0832. The van der Waals surface area contributed by atoms with Crippen LogP contribution in [0.3, 0.4) is 0 Å². The largest absolute Gasteiger partial charge is 0.333 e. The van der Waals surface area contributed by atoms with E-state index < -0.39 is 0 Å². The van der Waals surface area contributed by atoms with Crippen LogP contribution in [-0.2, 0) is 0 Å². The van der Waals surface area contributed by atoms with E-state index in [0.717, 1.165) is 47.8 Å². The van der Waals surface area contributed by atoms with Crippen LogP contribution in [0.1, 0.15) is 112 Å². The van der Waals surface area contributed by atoms with Crippen LogP contribution in [0.15, 0.2) is 17.3 Å². The normalized spacial score (nSPS) is 44.5. The smallest absolute Gasteiger partial charge is 0.0221 e. The summed E-state index contributed by atoms with van der Waals surface area (Å²) in [5.74, 6) is 7.10. The Bertz CT molecular complexity index is 639. The molecule has 0 heterocycles. The maximum Gasteiger partial charge on any atom is 0.0221 e. The van der Waals surface area contributed by atoms with Gasteiger partial charge in [-0.15, -0.1) is 0 Å². The van der Waals surface area contributed by atoms with Crippen LogP contribution in [0, 0.1) is 52.3 Å². The lowest BCUT2D eigenvalue weighted by Gasteiger charge is -2.58. The van der Waals surface area contributed by atoms with E-state index in [4.69, 9.17) is 0 Å². The summed E-state index contributed by atoms with van der Waals surface area (Å²) in [5.41, 5.74) is 5.78.